The van der Waals surface area contributed by atoms with E-state index >= 15 is 0 Å². The van der Waals surface area contributed by atoms with Crippen LogP contribution in [0.1, 0.15) is 60.8 Å². The molecule has 0 spiro atoms. The van der Waals surface area contributed by atoms with Crippen molar-refractivity contribution >= 4 is 17.7 Å². The number of thioether (sulfide) groups is 1. The molecule has 0 saturated carbocycles. The van der Waals surface area contributed by atoms with Crippen molar-refractivity contribution in [2.75, 3.05) is 5.75 Å². The molecule has 0 N–H and O–H groups in total. The minimum absolute atomic E-state index is 0.153. The monoisotopic (exact) mass is 292 g/mol. The Balaban J connectivity index is 4.16. The van der Waals surface area contributed by atoms with Crippen LogP contribution in [0.2, 0.25) is 0 Å². The largest absolute Gasteiger partial charge is 0.459 e. The summed E-state index contributed by atoms with van der Waals surface area (Å²) in [6, 6.07) is 0. The molecule has 0 aromatic carbocycles. The summed E-state index contributed by atoms with van der Waals surface area (Å²) in [6.07, 6.45) is 1.26. The van der Waals surface area contributed by atoms with Gasteiger partial charge in [0.1, 0.15) is 10.9 Å². The molecule has 19 heavy (non-hydrogen) atoms. The molecule has 0 heterocycles. The predicted octanol–water partition coefficient (Wildman–Crippen LogP) is 4.61. The van der Waals surface area contributed by atoms with E-state index in [0.29, 0.717) is 12.8 Å². The smallest absolute Gasteiger partial charge is 0.319 e. The molecular weight excluding hydrogens is 263 g/mol. The highest BCUT2D eigenvalue weighted by Gasteiger charge is 2.27. The fourth-order valence-corrected chi connectivity index (χ4v) is 2.77. The van der Waals surface area contributed by atoms with E-state index in [9.17, 15) is 9.18 Å². The van der Waals surface area contributed by atoms with Crippen LogP contribution >= 0.6 is 11.8 Å². The highest BCUT2D eigenvalue weighted by atomic mass is 32.2. The van der Waals surface area contributed by atoms with Crippen molar-refractivity contribution in [2.45, 2.75) is 77.8 Å². The van der Waals surface area contributed by atoms with Crippen LogP contribution in [0.5, 0.6) is 0 Å². The van der Waals surface area contributed by atoms with Crippen LogP contribution in [0.15, 0.2) is 0 Å². The molecule has 0 aromatic rings. The molecule has 0 aliphatic heterocycles. The van der Waals surface area contributed by atoms with Gasteiger partial charge in [-0.3, -0.25) is 4.79 Å². The topological polar surface area (TPSA) is 26.3 Å². The Morgan fingerprint density at radius 2 is 1.89 bits per heavy atom. The van der Waals surface area contributed by atoms with Gasteiger partial charge >= 0.3 is 5.97 Å². The summed E-state index contributed by atoms with van der Waals surface area (Å²) >= 11 is 1.59. The maximum absolute atomic E-state index is 13.1. The first-order valence-corrected chi connectivity index (χ1v) is 8.20. The molecule has 2 nitrogen and oxygen atoms in total. The first-order chi connectivity index (χ1) is 8.67. The van der Waals surface area contributed by atoms with E-state index in [-0.39, 0.29) is 17.1 Å². The number of carbonyl (C=O) groups is 1. The quantitative estimate of drug-likeness (QED) is 0.482. The van der Waals surface area contributed by atoms with E-state index in [4.69, 9.17) is 4.74 Å². The zero-order chi connectivity index (χ0) is 15.1. The molecule has 0 amide bonds. The Labute approximate surface area is 121 Å². The second-order valence-corrected chi connectivity index (χ2v) is 7.47. The Morgan fingerprint density at radius 1 is 1.32 bits per heavy atom. The molecule has 0 aromatic heterocycles. The normalized spacial score (nSPS) is 15.4. The van der Waals surface area contributed by atoms with Crippen LogP contribution in [-0.2, 0) is 9.53 Å². The third kappa shape index (κ3) is 9.31. The molecule has 2 unspecified atom stereocenters. The highest BCUT2D eigenvalue weighted by Crippen LogP contribution is 2.25. The Hall–Kier alpha value is -0.250. The maximum atomic E-state index is 13.1. The van der Waals surface area contributed by atoms with Crippen molar-refractivity contribution in [3.63, 3.8) is 0 Å². The molecular formula is C15H29FO2S. The van der Waals surface area contributed by atoms with Crippen LogP contribution < -0.4 is 0 Å². The first kappa shape index (κ1) is 18.8. The van der Waals surface area contributed by atoms with Gasteiger partial charge in [-0.2, -0.15) is 0 Å². The SMILES string of the molecule is CCC(F)CCCSC(C(=O)OC(C)(C)C)C(C)C. The van der Waals surface area contributed by atoms with Crippen LogP contribution in [-0.4, -0.2) is 28.7 Å². The number of rotatable bonds is 8. The summed E-state index contributed by atoms with van der Waals surface area (Å²) in [5.41, 5.74) is -0.447. The van der Waals surface area contributed by atoms with Crippen molar-refractivity contribution in [1.82, 2.24) is 0 Å². The van der Waals surface area contributed by atoms with E-state index in [2.05, 4.69) is 0 Å². The lowest BCUT2D eigenvalue weighted by molar-refractivity contribution is -0.154. The molecule has 0 aliphatic rings. The minimum Gasteiger partial charge on any atom is -0.459 e. The molecule has 4 heteroatoms. The van der Waals surface area contributed by atoms with Gasteiger partial charge in [-0.05, 0) is 51.7 Å². The van der Waals surface area contributed by atoms with Gasteiger partial charge in [-0.1, -0.05) is 20.8 Å². The van der Waals surface area contributed by atoms with Gasteiger partial charge in [-0.15, -0.1) is 11.8 Å². The van der Waals surface area contributed by atoms with Crippen LogP contribution in [0, 0.1) is 5.92 Å². The third-order valence-corrected chi connectivity index (χ3v) is 4.27. The lowest BCUT2D eigenvalue weighted by Crippen LogP contribution is -2.33. The third-order valence-electron chi connectivity index (χ3n) is 2.65. The minimum atomic E-state index is -0.709. The molecule has 0 fully saturated rings. The van der Waals surface area contributed by atoms with E-state index in [0.717, 1.165) is 12.2 Å². The van der Waals surface area contributed by atoms with Gasteiger partial charge in [0.15, 0.2) is 0 Å². The van der Waals surface area contributed by atoms with Gasteiger partial charge in [0.2, 0.25) is 0 Å². The molecule has 0 saturated heterocycles. The summed E-state index contributed by atoms with van der Waals surface area (Å²) < 4.78 is 18.5. The van der Waals surface area contributed by atoms with Crippen LogP contribution in [0.3, 0.4) is 0 Å². The summed E-state index contributed by atoms with van der Waals surface area (Å²) in [6.45, 7) is 11.5. The maximum Gasteiger partial charge on any atom is 0.319 e. The highest BCUT2D eigenvalue weighted by molar-refractivity contribution is 8.00. The number of hydrogen-bond donors (Lipinski definition) is 0. The summed E-state index contributed by atoms with van der Waals surface area (Å²) in [5, 5.41) is -0.154. The van der Waals surface area contributed by atoms with Crippen molar-refractivity contribution in [1.29, 1.82) is 0 Å². The number of hydrogen-bond acceptors (Lipinski definition) is 3. The van der Waals surface area contributed by atoms with Gasteiger partial charge in [-0.25, -0.2) is 4.39 Å². The van der Waals surface area contributed by atoms with Crippen molar-refractivity contribution in [3.8, 4) is 0 Å². The van der Waals surface area contributed by atoms with E-state index in [1.54, 1.807) is 11.8 Å². The van der Waals surface area contributed by atoms with Crippen molar-refractivity contribution in [2.24, 2.45) is 5.92 Å². The number of halogens is 1. The summed E-state index contributed by atoms with van der Waals surface area (Å²) in [7, 11) is 0. The molecule has 114 valence electrons. The Morgan fingerprint density at radius 3 is 2.32 bits per heavy atom. The van der Waals surface area contributed by atoms with Crippen LogP contribution in [0.4, 0.5) is 4.39 Å². The lowest BCUT2D eigenvalue weighted by Gasteiger charge is -2.25. The Bertz CT molecular complexity index is 261. The van der Waals surface area contributed by atoms with Gasteiger partial charge in [0.25, 0.3) is 0 Å². The van der Waals surface area contributed by atoms with Gasteiger partial charge < -0.3 is 4.74 Å². The first-order valence-electron chi connectivity index (χ1n) is 7.16. The van der Waals surface area contributed by atoms with Crippen molar-refractivity contribution < 1.29 is 13.9 Å². The second kappa shape index (κ2) is 8.83. The van der Waals surface area contributed by atoms with Crippen molar-refractivity contribution in [3.05, 3.63) is 0 Å². The molecule has 0 bridgehead atoms. The van der Waals surface area contributed by atoms with E-state index < -0.39 is 11.8 Å². The lowest BCUT2D eigenvalue weighted by atomic mass is 10.1. The average Bonchev–Trinajstić information content (AvgIpc) is 2.25. The predicted molar refractivity (Wildman–Crippen MR) is 81.4 cm³/mol. The number of alkyl halides is 1. The van der Waals surface area contributed by atoms with E-state index in [1.165, 1.54) is 0 Å². The second-order valence-electron chi connectivity index (χ2n) is 6.22. The van der Waals surface area contributed by atoms with Gasteiger partial charge in [0, 0.05) is 0 Å². The summed E-state index contributed by atoms with van der Waals surface area (Å²) in [4.78, 5) is 12.1. The van der Waals surface area contributed by atoms with E-state index in [1.807, 2.05) is 41.5 Å². The fraction of sp³-hybridized carbons (Fsp3) is 0.933. The zero-order valence-corrected chi connectivity index (χ0v) is 14.0. The number of ether oxygens (including phenoxy) is 1. The molecule has 0 aliphatic carbocycles. The zero-order valence-electron chi connectivity index (χ0n) is 13.2. The molecule has 0 radical (unpaired) electrons. The standard InChI is InChI=1S/C15H29FO2S/c1-7-12(16)9-8-10-19-13(11(2)3)14(17)18-15(4,5)6/h11-13H,7-10H2,1-6H3. The van der Waals surface area contributed by atoms with Gasteiger partial charge in [0.05, 0.1) is 6.17 Å². The fourth-order valence-electron chi connectivity index (χ4n) is 1.61. The Kier molecular flexibility index (Phi) is 8.71. The van der Waals surface area contributed by atoms with Crippen LogP contribution in [0.25, 0.3) is 0 Å². The molecule has 2 atom stereocenters. The molecule has 0 rings (SSSR count). The summed E-state index contributed by atoms with van der Waals surface area (Å²) in [5.74, 6) is 0.884. The number of carbonyl (C=O) groups excluding carboxylic acids is 1. The number of esters is 1. The average molecular weight is 292 g/mol.